The average Bonchev–Trinajstić information content (AvgIpc) is 3.30. The highest BCUT2D eigenvalue weighted by atomic mass is 16.4. The summed E-state index contributed by atoms with van der Waals surface area (Å²) in [6.45, 7) is 5.00. The molecule has 2 aliphatic rings. The van der Waals surface area contributed by atoms with Crippen LogP contribution in [0, 0.1) is 11.8 Å². The third-order valence-corrected chi connectivity index (χ3v) is 6.02. The van der Waals surface area contributed by atoms with E-state index >= 15 is 0 Å². The molecule has 1 amide bonds. The van der Waals surface area contributed by atoms with Gasteiger partial charge >= 0.3 is 5.97 Å². The minimum absolute atomic E-state index is 0.125. The average molecular weight is 381 g/mol. The topological polar surface area (TPSA) is 75.4 Å². The molecule has 28 heavy (non-hydrogen) atoms. The molecule has 1 fully saturated rings. The maximum Gasteiger partial charge on any atom is 0.308 e. The van der Waals surface area contributed by atoms with Gasteiger partial charge in [-0.05, 0) is 55.7 Å². The number of amides is 1. The molecule has 1 aliphatic heterocycles. The SMILES string of the molecule is CCc1ccc(-n2nc(C(=O)N3CC(C)CC(C(=O)O)C3)c3c2CCC3)cc1. The fourth-order valence-corrected chi connectivity index (χ4v) is 4.54. The van der Waals surface area contributed by atoms with Crippen LogP contribution in [0.2, 0.25) is 0 Å². The smallest absolute Gasteiger partial charge is 0.308 e. The van der Waals surface area contributed by atoms with E-state index in [4.69, 9.17) is 5.10 Å². The summed E-state index contributed by atoms with van der Waals surface area (Å²) in [5, 5.41) is 14.1. The lowest BCUT2D eigenvalue weighted by Gasteiger charge is -2.34. The van der Waals surface area contributed by atoms with Crippen LogP contribution >= 0.6 is 0 Å². The van der Waals surface area contributed by atoms with E-state index in [0.29, 0.717) is 18.7 Å². The van der Waals surface area contributed by atoms with Crippen LogP contribution < -0.4 is 0 Å². The Labute approximate surface area is 165 Å². The third-order valence-electron chi connectivity index (χ3n) is 6.02. The second-order valence-electron chi connectivity index (χ2n) is 8.15. The Hall–Kier alpha value is -2.63. The summed E-state index contributed by atoms with van der Waals surface area (Å²) in [6, 6.07) is 8.32. The van der Waals surface area contributed by atoms with Crippen LogP contribution in [0.4, 0.5) is 0 Å². The van der Waals surface area contributed by atoms with Crippen molar-refractivity contribution in [3.63, 3.8) is 0 Å². The summed E-state index contributed by atoms with van der Waals surface area (Å²) in [5.74, 6) is -1.27. The van der Waals surface area contributed by atoms with Crippen molar-refractivity contribution in [2.24, 2.45) is 11.8 Å². The number of carbonyl (C=O) groups excluding carboxylic acids is 1. The lowest BCUT2D eigenvalue weighted by molar-refractivity contribution is -0.143. The molecule has 6 heteroatoms. The monoisotopic (exact) mass is 381 g/mol. The van der Waals surface area contributed by atoms with Gasteiger partial charge in [0.2, 0.25) is 0 Å². The van der Waals surface area contributed by atoms with Crippen LogP contribution in [-0.4, -0.2) is 44.8 Å². The fraction of sp³-hybridized carbons (Fsp3) is 0.500. The van der Waals surface area contributed by atoms with E-state index in [0.717, 1.165) is 42.6 Å². The Morgan fingerprint density at radius 2 is 1.93 bits per heavy atom. The Kier molecular flexibility index (Phi) is 4.96. The predicted molar refractivity (Wildman–Crippen MR) is 106 cm³/mol. The molecule has 1 aliphatic carbocycles. The van der Waals surface area contributed by atoms with Gasteiger partial charge in [0.25, 0.3) is 5.91 Å². The number of rotatable bonds is 4. The molecule has 0 spiro atoms. The molecule has 0 saturated carbocycles. The molecule has 4 rings (SSSR count). The summed E-state index contributed by atoms with van der Waals surface area (Å²) in [5.41, 5.74) is 4.91. The molecular formula is C22H27N3O3. The highest BCUT2D eigenvalue weighted by Gasteiger charge is 2.35. The summed E-state index contributed by atoms with van der Waals surface area (Å²) >= 11 is 0. The number of hydrogen-bond acceptors (Lipinski definition) is 3. The standard InChI is InChI=1S/C22H27N3O3/c1-3-15-7-9-17(10-8-15)25-19-6-4-5-18(19)20(23-25)21(26)24-12-14(2)11-16(13-24)22(27)28/h7-10,14,16H,3-6,11-13H2,1-2H3,(H,27,28). The molecule has 2 aromatic rings. The first kappa shape index (κ1) is 18.7. The summed E-state index contributed by atoms with van der Waals surface area (Å²) < 4.78 is 1.91. The van der Waals surface area contributed by atoms with Crippen molar-refractivity contribution in [2.75, 3.05) is 13.1 Å². The number of benzene rings is 1. The largest absolute Gasteiger partial charge is 0.481 e. The van der Waals surface area contributed by atoms with Gasteiger partial charge in [0.1, 0.15) is 0 Å². The molecular weight excluding hydrogens is 354 g/mol. The zero-order valence-electron chi connectivity index (χ0n) is 16.5. The van der Waals surface area contributed by atoms with Gasteiger partial charge in [-0.15, -0.1) is 0 Å². The predicted octanol–water partition coefficient (Wildman–Crippen LogP) is 3.11. The minimum atomic E-state index is -0.823. The molecule has 0 radical (unpaired) electrons. The van der Waals surface area contributed by atoms with Gasteiger partial charge in [-0.2, -0.15) is 5.10 Å². The Balaban J connectivity index is 1.66. The number of likely N-dealkylation sites (tertiary alicyclic amines) is 1. The second-order valence-corrected chi connectivity index (χ2v) is 8.15. The molecule has 1 aromatic heterocycles. The second kappa shape index (κ2) is 7.41. The van der Waals surface area contributed by atoms with Crippen LogP contribution in [0.5, 0.6) is 0 Å². The van der Waals surface area contributed by atoms with E-state index in [2.05, 4.69) is 31.2 Å². The quantitative estimate of drug-likeness (QED) is 0.883. The molecule has 6 nitrogen and oxygen atoms in total. The van der Waals surface area contributed by atoms with E-state index in [1.165, 1.54) is 5.56 Å². The number of aliphatic carboxylic acids is 1. The van der Waals surface area contributed by atoms with Crippen LogP contribution in [-0.2, 0) is 24.1 Å². The van der Waals surface area contributed by atoms with E-state index in [9.17, 15) is 14.7 Å². The number of carbonyl (C=O) groups is 2. The number of hydrogen-bond donors (Lipinski definition) is 1. The Morgan fingerprint density at radius 3 is 2.61 bits per heavy atom. The molecule has 1 aromatic carbocycles. The summed E-state index contributed by atoms with van der Waals surface area (Å²) in [4.78, 5) is 26.4. The molecule has 1 N–H and O–H groups in total. The van der Waals surface area contributed by atoms with Crippen molar-refractivity contribution >= 4 is 11.9 Å². The van der Waals surface area contributed by atoms with Crippen molar-refractivity contribution in [1.82, 2.24) is 14.7 Å². The molecule has 2 unspecified atom stereocenters. The number of carboxylic acid groups (broad SMARTS) is 1. The normalized spacial score (nSPS) is 21.6. The van der Waals surface area contributed by atoms with Crippen LogP contribution in [0.15, 0.2) is 24.3 Å². The first-order valence-electron chi connectivity index (χ1n) is 10.2. The highest BCUT2D eigenvalue weighted by Crippen LogP contribution is 2.30. The minimum Gasteiger partial charge on any atom is -0.481 e. The summed E-state index contributed by atoms with van der Waals surface area (Å²) in [7, 11) is 0. The Bertz CT molecular complexity index is 900. The van der Waals surface area contributed by atoms with Gasteiger partial charge in [0, 0.05) is 24.3 Å². The van der Waals surface area contributed by atoms with Gasteiger partial charge in [-0.3, -0.25) is 9.59 Å². The zero-order valence-corrected chi connectivity index (χ0v) is 16.5. The van der Waals surface area contributed by atoms with Crippen LogP contribution in [0.3, 0.4) is 0 Å². The van der Waals surface area contributed by atoms with Gasteiger partial charge in [0.05, 0.1) is 11.6 Å². The third kappa shape index (κ3) is 3.32. The fourth-order valence-electron chi connectivity index (χ4n) is 4.54. The molecule has 0 bridgehead atoms. The maximum atomic E-state index is 13.3. The van der Waals surface area contributed by atoms with Gasteiger partial charge < -0.3 is 10.0 Å². The first-order valence-corrected chi connectivity index (χ1v) is 10.2. The number of aromatic nitrogens is 2. The van der Waals surface area contributed by atoms with E-state index < -0.39 is 11.9 Å². The maximum absolute atomic E-state index is 13.3. The molecule has 1 saturated heterocycles. The molecule has 148 valence electrons. The number of carboxylic acids is 1. The first-order chi connectivity index (χ1) is 13.5. The van der Waals surface area contributed by atoms with Crippen LogP contribution in [0.1, 0.15) is 54.0 Å². The highest BCUT2D eigenvalue weighted by molar-refractivity contribution is 5.94. The lowest BCUT2D eigenvalue weighted by atomic mass is 9.90. The molecule has 2 atom stereocenters. The van der Waals surface area contributed by atoms with Gasteiger partial charge in [-0.1, -0.05) is 26.0 Å². The number of nitrogens with zero attached hydrogens (tertiary/aromatic N) is 3. The summed E-state index contributed by atoms with van der Waals surface area (Å²) in [6.07, 6.45) is 4.40. The molecule has 2 heterocycles. The van der Waals surface area contributed by atoms with Crippen LogP contribution in [0.25, 0.3) is 5.69 Å². The lowest BCUT2D eigenvalue weighted by Crippen LogP contribution is -2.45. The van der Waals surface area contributed by atoms with Crippen molar-refractivity contribution in [1.29, 1.82) is 0 Å². The Morgan fingerprint density at radius 1 is 1.18 bits per heavy atom. The van der Waals surface area contributed by atoms with Gasteiger partial charge in [-0.25, -0.2) is 4.68 Å². The van der Waals surface area contributed by atoms with Gasteiger partial charge in [0.15, 0.2) is 5.69 Å². The van der Waals surface area contributed by atoms with E-state index in [1.807, 2.05) is 11.6 Å². The van der Waals surface area contributed by atoms with Crippen molar-refractivity contribution in [3.8, 4) is 5.69 Å². The van der Waals surface area contributed by atoms with Crippen molar-refractivity contribution in [2.45, 2.75) is 46.0 Å². The van der Waals surface area contributed by atoms with Crippen molar-refractivity contribution in [3.05, 3.63) is 46.8 Å². The number of aryl methyl sites for hydroxylation is 1. The van der Waals surface area contributed by atoms with E-state index in [-0.39, 0.29) is 18.4 Å². The number of piperidine rings is 1. The zero-order chi connectivity index (χ0) is 19.8. The van der Waals surface area contributed by atoms with E-state index in [1.54, 1.807) is 4.90 Å². The van der Waals surface area contributed by atoms with Crippen molar-refractivity contribution < 1.29 is 14.7 Å². The number of fused-ring (bicyclic) bond motifs is 1.